The number of benzene rings is 2. The quantitative estimate of drug-likeness (QED) is 0.614. The first-order chi connectivity index (χ1) is 9.88. The zero-order valence-electron chi connectivity index (χ0n) is 10.9. The van der Waals surface area contributed by atoms with Gasteiger partial charge in [-0.15, -0.1) is 0 Å². The Hall–Kier alpha value is -1.63. The lowest BCUT2D eigenvalue weighted by molar-refractivity contribution is -0.384. The molecule has 2 rings (SSSR count). The lowest BCUT2D eigenvalue weighted by atomic mass is 10.1. The van der Waals surface area contributed by atoms with Gasteiger partial charge in [0.15, 0.2) is 0 Å². The summed E-state index contributed by atoms with van der Waals surface area (Å²) in [5, 5.41) is 20.6. The van der Waals surface area contributed by atoms with Gasteiger partial charge in [-0.2, -0.15) is 0 Å². The molecular weight excluding hydrogens is 362 g/mol. The highest BCUT2D eigenvalue weighted by Gasteiger charge is 2.14. The van der Waals surface area contributed by atoms with Crippen LogP contribution < -0.4 is 4.74 Å². The molecule has 1 N–H and O–H groups in total. The summed E-state index contributed by atoms with van der Waals surface area (Å²) < 4.78 is 6.46. The van der Waals surface area contributed by atoms with Gasteiger partial charge in [-0.3, -0.25) is 10.1 Å². The molecule has 5 nitrogen and oxygen atoms in total. The Bertz CT molecular complexity index is 691. The van der Waals surface area contributed by atoms with E-state index in [0.29, 0.717) is 11.3 Å². The average Bonchev–Trinajstić information content (AvgIpc) is 2.42. The van der Waals surface area contributed by atoms with Crippen LogP contribution in [-0.2, 0) is 0 Å². The van der Waals surface area contributed by atoms with Gasteiger partial charge in [0.25, 0.3) is 5.69 Å². The number of nitro benzene ring substituents is 1. The summed E-state index contributed by atoms with van der Waals surface area (Å²) in [6, 6.07) is 9.14. The maximum atomic E-state index is 10.7. The normalized spacial score (nSPS) is 12.0. The average molecular weight is 373 g/mol. The van der Waals surface area contributed by atoms with Gasteiger partial charge in [-0.1, -0.05) is 27.5 Å². The fourth-order valence-corrected chi connectivity index (χ4v) is 2.34. The molecule has 0 bridgehead atoms. The van der Waals surface area contributed by atoms with E-state index in [1.165, 1.54) is 18.2 Å². The van der Waals surface area contributed by atoms with Crippen molar-refractivity contribution >= 4 is 33.2 Å². The van der Waals surface area contributed by atoms with Crippen molar-refractivity contribution < 1.29 is 14.8 Å². The van der Waals surface area contributed by atoms with Crippen molar-refractivity contribution in [1.82, 2.24) is 0 Å². The number of nitrogens with zero attached hydrogens (tertiary/aromatic N) is 1. The Morgan fingerprint density at radius 3 is 2.52 bits per heavy atom. The van der Waals surface area contributed by atoms with E-state index < -0.39 is 11.0 Å². The van der Waals surface area contributed by atoms with Crippen LogP contribution in [0.2, 0.25) is 5.02 Å². The number of aliphatic hydroxyl groups excluding tert-OH is 1. The van der Waals surface area contributed by atoms with Crippen LogP contribution in [0.1, 0.15) is 18.6 Å². The fraction of sp³-hybridized carbons (Fsp3) is 0.143. The van der Waals surface area contributed by atoms with E-state index in [1.807, 2.05) is 0 Å². The Morgan fingerprint density at radius 1 is 1.29 bits per heavy atom. The summed E-state index contributed by atoms with van der Waals surface area (Å²) in [6.45, 7) is 1.62. The third-order valence-electron chi connectivity index (χ3n) is 2.77. The van der Waals surface area contributed by atoms with Crippen molar-refractivity contribution in [1.29, 1.82) is 0 Å². The molecule has 21 heavy (non-hydrogen) atoms. The molecule has 7 heteroatoms. The second-order valence-corrected chi connectivity index (χ2v) is 5.65. The van der Waals surface area contributed by atoms with Gasteiger partial charge in [0.05, 0.1) is 16.0 Å². The molecule has 2 aromatic rings. The van der Waals surface area contributed by atoms with Crippen LogP contribution in [-0.4, -0.2) is 10.0 Å². The largest absolute Gasteiger partial charge is 0.455 e. The number of rotatable bonds is 4. The fourth-order valence-electron chi connectivity index (χ4n) is 1.74. The van der Waals surface area contributed by atoms with Gasteiger partial charge in [0.2, 0.25) is 0 Å². The molecule has 0 fully saturated rings. The molecule has 0 aliphatic heterocycles. The van der Waals surface area contributed by atoms with Crippen molar-refractivity contribution in [2.24, 2.45) is 0 Å². The molecule has 0 radical (unpaired) electrons. The van der Waals surface area contributed by atoms with Crippen LogP contribution in [0.3, 0.4) is 0 Å². The zero-order chi connectivity index (χ0) is 15.6. The molecule has 2 aromatic carbocycles. The second kappa shape index (κ2) is 6.43. The zero-order valence-corrected chi connectivity index (χ0v) is 13.3. The van der Waals surface area contributed by atoms with Crippen molar-refractivity contribution in [3.05, 3.63) is 61.6 Å². The molecule has 0 heterocycles. The summed E-state index contributed by atoms with van der Waals surface area (Å²) in [4.78, 5) is 10.1. The molecule has 0 aliphatic rings. The lowest BCUT2D eigenvalue weighted by Gasteiger charge is -2.14. The maximum Gasteiger partial charge on any atom is 0.271 e. The van der Waals surface area contributed by atoms with E-state index in [-0.39, 0.29) is 16.5 Å². The summed E-state index contributed by atoms with van der Waals surface area (Å²) in [5.74, 6) is 0.718. The van der Waals surface area contributed by atoms with Crippen molar-refractivity contribution in [3.8, 4) is 11.5 Å². The number of non-ortho nitro benzene ring substituents is 1. The highest BCUT2D eigenvalue weighted by Crippen LogP contribution is 2.36. The number of hydrogen-bond acceptors (Lipinski definition) is 4. The Morgan fingerprint density at radius 2 is 1.95 bits per heavy atom. The maximum absolute atomic E-state index is 10.7. The molecule has 0 spiro atoms. The highest BCUT2D eigenvalue weighted by atomic mass is 79.9. The van der Waals surface area contributed by atoms with Crippen LogP contribution in [0, 0.1) is 10.1 Å². The van der Waals surface area contributed by atoms with Gasteiger partial charge in [-0.25, -0.2) is 0 Å². The van der Waals surface area contributed by atoms with Gasteiger partial charge in [0, 0.05) is 22.2 Å². The van der Waals surface area contributed by atoms with Crippen molar-refractivity contribution in [3.63, 3.8) is 0 Å². The van der Waals surface area contributed by atoms with Gasteiger partial charge < -0.3 is 9.84 Å². The Balaban J connectivity index is 2.36. The second-order valence-electron chi connectivity index (χ2n) is 4.33. The van der Waals surface area contributed by atoms with E-state index in [9.17, 15) is 15.2 Å². The van der Waals surface area contributed by atoms with Crippen LogP contribution in [0.15, 0.2) is 40.9 Å². The van der Waals surface area contributed by atoms with E-state index in [0.717, 1.165) is 4.47 Å². The SMILES string of the molecule is CC(O)c1cc(Br)ccc1Oc1ccc([N+](=O)[O-])cc1Cl. The molecule has 110 valence electrons. The van der Waals surface area contributed by atoms with Gasteiger partial charge >= 0.3 is 0 Å². The minimum Gasteiger partial charge on any atom is -0.455 e. The van der Waals surface area contributed by atoms with Gasteiger partial charge in [0.1, 0.15) is 11.5 Å². The number of ether oxygens (including phenoxy) is 1. The summed E-state index contributed by atoms with van der Waals surface area (Å²) >= 11 is 9.31. The van der Waals surface area contributed by atoms with E-state index >= 15 is 0 Å². The van der Waals surface area contributed by atoms with Crippen molar-refractivity contribution in [2.45, 2.75) is 13.0 Å². The first kappa shape index (κ1) is 15.8. The molecule has 0 aliphatic carbocycles. The van der Waals surface area contributed by atoms with Crippen LogP contribution in [0.4, 0.5) is 5.69 Å². The molecule has 0 saturated heterocycles. The van der Waals surface area contributed by atoms with E-state index in [1.54, 1.807) is 25.1 Å². The molecular formula is C14H11BrClNO4. The van der Waals surface area contributed by atoms with Gasteiger partial charge in [-0.05, 0) is 31.2 Å². The van der Waals surface area contributed by atoms with Crippen LogP contribution in [0.5, 0.6) is 11.5 Å². The first-order valence-corrected chi connectivity index (χ1v) is 7.15. The third kappa shape index (κ3) is 3.72. The standard InChI is InChI=1S/C14H11BrClNO4/c1-8(18)11-6-9(15)2-4-13(11)21-14-5-3-10(17(19)20)7-12(14)16/h2-8,18H,1H3. The summed E-state index contributed by atoms with van der Waals surface area (Å²) in [5.41, 5.74) is 0.470. The topological polar surface area (TPSA) is 72.6 Å². The summed E-state index contributed by atoms with van der Waals surface area (Å²) in [7, 11) is 0. The molecule has 0 amide bonds. The Labute approximate surface area is 134 Å². The van der Waals surface area contributed by atoms with Crippen molar-refractivity contribution in [2.75, 3.05) is 0 Å². The molecule has 1 atom stereocenters. The first-order valence-electron chi connectivity index (χ1n) is 5.98. The van der Waals surface area contributed by atoms with Crippen LogP contribution >= 0.6 is 27.5 Å². The van der Waals surface area contributed by atoms with E-state index in [2.05, 4.69) is 15.9 Å². The Kier molecular flexibility index (Phi) is 4.82. The number of halogens is 2. The smallest absolute Gasteiger partial charge is 0.271 e. The molecule has 0 saturated carbocycles. The monoisotopic (exact) mass is 371 g/mol. The van der Waals surface area contributed by atoms with Crippen LogP contribution in [0.25, 0.3) is 0 Å². The molecule has 1 unspecified atom stereocenters. The number of nitro groups is 1. The minimum absolute atomic E-state index is 0.112. The minimum atomic E-state index is -0.727. The predicted octanol–water partition coefficient (Wildman–Crippen LogP) is 4.86. The third-order valence-corrected chi connectivity index (χ3v) is 3.56. The molecule has 0 aromatic heterocycles. The predicted molar refractivity (Wildman–Crippen MR) is 83.0 cm³/mol. The number of hydrogen-bond donors (Lipinski definition) is 1. The lowest BCUT2D eigenvalue weighted by Crippen LogP contribution is -1.97. The highest BCUT2D eigenvalue weighted by molar-refractivity contribution is 9.10. The van der Waals surface area contributed by atoms with E-state index in [4.69, 9.17) is 16.3 Å². The number of aliphatic hydroxyl groups is 1. The summed E-state index contributed by atoms with van der Waals surface area (Å²) in [6.07, 6.45) is -0.727.